The number of benzene rings is 2. The average molecular weight is 263 g/mol. The van der Waals surface area contributed by atoms with Crippen LogP contribution in [0.4, 0.5) is 0 Å². The molecule has 0 heterocycles. The summed E-state index contributed by atoms with van der Waals surface area (Å²) in [4.78, 5) is 0. The molecule has 0 spiro atoms. The van der Waals surface area contributed by atoms with E-state index in [9.17, 15) is 0 Å². The van der Waals surface area contributed by atoms with Gasteiger partial charge in [-0.3, -0.25) is 0 Å². The van der Waals surface area contributed by atoms with Gasteiger partial charge in [-0.2, -0.15) is 0 Å². The van der Waals surface area contributed by atoms with Crippen LogP contribution in [0.1, 0.15) is 23.0 Å². The SMILES string of the molecule is ClC1(Cl)[C@@H](c2ccccc2)[C@@H]1c1ccccc1. The summed E-state index contributed by atoms with van der Waals surface area (Å²) in [5.41, 5.74) is 2.43. The molecule has 1 aliphatic rings. The lowest BCUT2D eigenvalue weighted by atomic mass is 10.0. The van der Waals surface area contributed by atoms with Gasteiger partial charge in [0.05, 0.1) is 0 Å². The van der Waals surface area contributed by atoms with Gasteiger partial charge in [-0.1, -0.05) is 60.7 Å². The molecule has 2 atom stereocenters. The van der Waals surface area contributed by atoms with Crippen molar-refractivity contribution in [2.45, 2.75) is 16.2 Å². The molecule has 86 valence electrons. The van der Waals surface area contributed by atoms with Gasteiger partial charge >= 0.3 is 0 Å². The first-order valence-electron chi connectivity index (χ1n) is 5.69. The van der Waals surface area contributed by atoms with Crippen LogP contribution in [-0.4, -0.2) is 4.33 Å². The van der Waals surface area contributed by atoms with Gasteiger partial charge in [0.2, 0.25) is 0 Å². The second kappa shape index (κ2) is 4.04. The van der Waals surface area contributed by atoms with E-state index in [1.807, 2.05) is 36.4 Å². The van der Waals surface area contributed by atoms with E-state index in [4.69, 9.17) is 23.2 Å². The molecule has 0 nitrogen and oxygen atoms in total. The van der Waals surface area contributed by atoms with Crippen molar-refractivity contribution in [3.8, 4) is 0 Å². The van der Waals surface area contributed by atoms with E-state index in [1.54, 1.807) is 0 Å². The number of hydrogen-bond acceptors (Lipinski definition) is 0. The standard InChI is InChI=1S/C15H12Cl2/c16-15(17)13(11-7-3-1-4-8-11)14(15)12-9-5-2-6-10-12/h1-10,13-14H/t13-,14-/m0/s1. The fourth-order valence-corrected chi connectivity index (χ4v) is 3.36. The Morgan fingerprint density at radius 2 is 1.00 bits per heavy atom. The molecule has 0 saturated heterocycles. The minimum absolute atomic E-state index is 0.203. The maximum Gasteiger partial charge on any atom is 0.133 e. The average Bonchev–Trinajstić information content (AvgIpc) is 2.94. The summed E-state index contributed by atoms with van der Waals surface area (Å²) in [6.45, 7) is 0. The van der Waals surface area contributed by atoms with E-state index in [2.05, 4.69) is 24.3 Å². The van der Waals surface area contributed by atoms with E-state index in [0.29, 0.717) is 0 Å². The topological polar surface area (TPSA) is 0 Å². The molecule has 2 heteroatoms. The lowest BCUT2D eigenvalue weighted by Crippen LogP contribution is -1.90. The maximum absolute atomic E-state index is 6.41. The monoisotopic (exact) mass is 262 g/mol. The van der Waals surface area contributed by atoms with Crippen LogP contribution in [0.25, 0.3) is 0 Å². The number of hydrogen-bond donors (Lipinski definition) is 0. The van der Waals surface area contributed by atoms with Crippen LogP contribution in [-0.2, 0) is 0 Å². The number of rotatable bonds is 2. The van der Waals surface area contributed by atoms with Gasteiger partial charge in [0.15, 0.2) is 0 Å². The largest absolute Gasteiger partial charge is 0.133 e. The summed E-state index contributed by atoms with van der Waals surface area (Å²) in [5.74, 6) is 0.406. The van der Waals surface area contributed by atoms with E-state index in [1.165, 1.54) is 11.1 Å². The van der Waals surface area contributed by atoms with Crippen molar-refractivity contribution in [2.24, 2.45) is 0 Å². The molecule has 0 unspecified atom stereocenters. The van der Waals surface area contributed by atoms with Crippen molar-refractivity contribution in [2.75, 3.05) is 0 Å². The Balaban J connectivity index is 1.95. The van der Waals surface area contributed by atoms with Crippen LogP contribution < -0.4 is 0 Å². The van der Waals surface area contributed by atoms with Gasteiger partial charge in [-0.25, -0.2) is 0 Å². The van der Waals surface area contributed by atoms with Crippen LogP contribution in [0, 0.1) is 0 Å². The summed E-state index contributed by atoms with van der Waals surface area (Å²) in [6, 6.07) is 20.5. The molecule has 1 saturated carbocycles. The zero-order chi connectivity index (χ0) is 11.9. The smallest absolute Gasteiger partial charge is 0.100 e. The highest BCUT2D eigenvalue weighted by atomic mass is 35.5. The van der Waals surface area contributed by atoms with Gasteiger partial charge in [0, 0.05) is 11.8 Å². The van der Waals surface area contributed by atoms with Crippen molar-refractivity contribution < 1.29 is 0 Å². The highest BCUT2D eigenvalue weighted by molar-refractivity contribution is 6.52. The molecule has 2 aromatic rings. The molecule has 0 bridgehead atoms. The second-order valence-corrected chi connectivity index (χ2v) is 5.90. The van der Waals surface area contributed by atoms with Crippen molar-refractivity contribution in [3.05, 3.63) is 71.8 Å². The van der Waals surface area contributed by atoms with Crippen LogP contribution >= 0.6 is 23.2 Å². The first kappa shape index (κ1) is 11.1. The maximum atomic E-state index is 6.41. The molecule has 3 rings (SSSR count). The summed E-state index contributed by atoms with van der Waals surface area (Å²) in [7, 11) is 0. The van der Waals surface area contributed by atoms with E-state index >= 15 is 0 Å². The molecule has 17 heavy (non-hydrogen) atoms. The molecule has 0 N–H and O–H groups in total. The van der Waals surface area contributed by atoms with E-state index in [0.717, 1.165) is 0 Å². The molecular weight excluding hydrogens is 251 g/mol. The molecule has 0 aliphatic heterocycles. The van der Waals surface area contributed by atoms with Gasteiger partial charge < -0.3 is 0 Å². The third kappa shape index (κ3) is 1.86. The molecule has 0 amide bonds. The normalized spacial score (nSPS) is 25.5. The number of alkyl halides is 2. The Hall–Kier alpha value is -0.980. The van der Waals surface area contributed by atoms with Crippen LogP contribution in [0.5, 0.6) is 0 Å². The summed E-state index contributed by atoms with van der Waals surface area (Å²) in [5, 5.41) is 0. The van der Waals surface area contributed by atoms with Crippen molar-refractivity contribution in [1.82, 2.24) is 0 Å². The minimum atomic E-state index is -0.664. The van der Waals surface area contributed by atoms with Crippen molar-refractivity contribution in [3.63, 3.8) is 0 Å². The van der Waals surface area contributed by atoms with Gasteiger partial charge in [-0.05, 0) is 11.1 Å². The summed E-state index contributed by atoms with van der Waals surface area (Å²) < 4.78 is -0.664. The first-order valence-corrected chi connectivity index (χ1v) is 6.44. The fraction of sp³-hybridized carbons (Fsp3) is 0.200. The third-order valence-electron chi connectivity index (χ3n) is 3.37. The van der Waals surface area contributed by atoms with Gasteiger partial charge in [0.1, 0.15) is 4.33 Å². The molecular formula is C15H12Cl2. The van der Waals surface area contributed by atoms with E-state index in [-0.39, 0.29) is 11.8 Å². The Morgan fingerprint density at radius 3 is 1.35 bits per heavy atom. The zero-order valence-electron chi connectivity index (χ0n) is 9.18. The minimum Gasteiger partial charge on any atom is -0.100 e. The predicted molar refractivity (Wildman–Crippen MR) is 72.8 cm³/mol. The van der Waals surface area contributed by atoms with Crippen LogP contribution in [0.2, 0.25) is 0 Å². The summed E-state index contributed by atoms with van der Waals surface area (Å²) >= 11 is 12.8. The summed E-state index contributed by atoms with van der Waals surface area (Å²) in [6.07, 6.45) is 0. The highest BCUT2D eigenvalue weighted by Crippen LogP contribution is 2.69. The molecule has 2 aromatic carbocycles. The predicted octanol–water partition coefficient (Wildman–Crippen LogP) is 4.74. The van der Waals surface area contributed by atoms with Gasteiger partial charge in [0.25, 0.3) is 0 Å². The van der Waals surface area contributed by atoms with Gasteiger partial charge in [-0.15, -0.1) is 23.2 Å². The van der Waals surface area contributed by atoms with Crippen molar-refractivity contribution >= 4 is 23.2 Å². The second-order valence-electron chi connectivity index (χ2n) is 4.45. The lowest BCUT2D eigenvalue weighted by molar-refractivity contribution is 1.03. The highest BCUT2D eigenvalue weighted by Gasteiger charge is 2.64. The van der Waals surface area contributed by atoms with E-state index < -0.39 is 4.33 Å². The molecule has 0 aromatic heterocycles. The molecule has 1 aliphatic carbocycles. The molecule has 1 fully saturated rings. The Bertz CT molecular complexity index is 457. The number of halogens is 2. The Morgan fingerprint density at radius 1 is 0.647 bits per heavy atom. The Labute approximate surface area is 111 Å². The Kier molecular flexibility index (Phi) is 2.65. The zero-order valence-corrected chi connectivity index (χ0v) is 10.7. The lowest BCUT2D eigenvalue weighted by Gasteiger charge is -1.99. The molecule has 0 radical (unpaired) electrons. The third-order valence-corrected chi connectivity index (χ3v) is 4.31. The first-order chi connectivity index (χ1) is 8.21. The fourth-order valence-electron chi connectivity index (χ4n) is 2.48. The quantitative estimate of drug-likeness (QED) is 0.686. The van der Waals surface area contributed by atoms with Crippen LogP contribution in [0.3, 0.4) is 0 Å². The van der Waals surface area contributed by atoms with Crippen molar-refractivity contribution in [1.29, 1.82) is 0 Å². The van der Waals surface area contributed by atoms with Crippen LogP contribution in [0.15, 0.2) is 60.7 Å².